The van der Waals surface area contributed by atoms with Gasteiger partial charge in [0.05, 0.1) is 73.0 Å². The SMILES string of the molecule is CC1(C2(C)CC(=O)OC2=O)CC(=O)OC1=O.CC1C(=O)OC(=O)C1CC1C(=O)OC(=O)C1C.O=C1CC(C2CC(=O)OC(=O)C2)CC(=O)O1.O=C1CC(C2CCC(C3CC(=O)OC(=O)C3)CC2)CC(=O)O1.O=C1CC(CC2CC(=O)OC(=O)C2)CC(=O)O1.O=C1CC(c2ccc(C3CC(=O)OC(=O)C3)cc2)CC(=O)O1. The highest BCUT2D eigenvalue weighted by Crippen LogP contribution is 2.52. The van der Waals surface area contributed by atoms with Crippen molar-refractivity contribution in [1.82, 2.24) is 0 Å². The van der Waals surface area contributed by atoms with Gasteiger partial charge >= 0.3 is 143 Å². The van der Waals surface area contributed by atoms with Gasteiger partial charge in [0.2, 0.25) is 0 Å². The van der Waals surface area contributed by atoms with E-state index in [0.29, 0.717) is 43.9 Å². The average molecular weight is 1540 g/mol. The molecule has 0 aromatic heterocycles. The molecule has 12 saturated heterocycles. The van der Waals surface area contributed by atoms with E-state index in [-0.39, 0.29) is 144 Å². The molecule has 110 heavy (non-hydrogen) atoms. The Morgan fingerprint density at radius 2 is 0.473 bits per heavy atom. The van der Waals surface area contributed by atoms with E-state index in [2.05, 4.69) is 56.8 Å². The lowest BCUT2D eigenvalue weighted by atomic mass is 9.63. The van der Waals surface area contributed by atoms with Crippen molar-refractivity contribution in [3.05, 3.63) is 35.4 Å². The summed E-state index contributed by atoms with van der Waals surface area (Å²) in [6, 6.07) is 7.32. The topological polar surface area (TPSA) is 520 Å². The van der Waals surface area contributed by atoms with Gasteiger partial charge in [0.1, 0.15) is 0 Å². The number of benzene rings is 1. The van der Waals surface area contributed by atoms with Crippen LogP contribution in [0.4, 0.5) is 0 Å². The molecule has 0 spiro atoms. The fourth-order valence-electron chi connectivity index (χ4n) is 15.7. The Balaban J connectivity index is 0.000000153. The highest BCUT2D eigenvalue weighted by Gasteiger charge is 2.65. The molecule has 36 heteroatoms. The number of cyclic esters (lactones) is 24. The van der Waals surface area contributed by atoms with Crippen LogP contribution >= 0.6 is 0 Å². The van der Waals surface area contributed by atoms with Crippen molar-refractivity contribution < 1.29 is 172 Å². The van der Waals surface area contributed by atoms with Crippen molar-refractivity contribution in [2.24, 2.45) is 81.8 Å². The van der Waals surface area contributed by atoms with E-state index in [9.17, 15) is 115 Å². The Bertz CT molecular complexity index is 3670. The number of hydrogen-bond acceptors (Lipinski definition) is 36. The van der Waals surface area contributed by atoms with E-state index < -0.39 is 178 Å². The summed E-state index contributed by atoms with van der Waals surface area (Å²) in [5, 5.41) is 0. The fourth-order valence-corrected chi connectivity index (χ4v) is 15.7. The largest absolute Gasteiger partial charge is 0.393 e. The summed E-state index contributed by atoms with van der Waals surface area (Å²) in [4.78, 5) is 270. The number of rotatable bonds is 10. The normalized spacial score (nSPS) is 29.1. The molecule has 13 aliphatic rings. The van der Waals surface area contributed by atoms with Crippen LogP contribution in [0.1, 0.15) is 205 Å². The smallest absolute Gasteiger partial charge is 0.321 e. The molecule has 14 rings (SSSR count). The summed E-state index contributed by atoms with van der Waals surface area (Å²) in [7, 11) is 0. The minimum absolute atomic E-state index is 0.0803. The maximum atomic E-state index is 11.6. The molecule has 12 aliphatic heterocycles. The van der Waals surface area contributed by atoms with E-state index in [1.807, 2.05) is 24.3 Å². The van der Waals surface area contributed by atoms with Crippen molar-refractivity contribution in [1.29, 1.82) is 0 Å². The van der Waals surface area contributed by atoms with Gasteiger partial charge in [-0.25, -0.2) is 0 Å². The molecule has 0 bridgehead atoms. The van der Waals surface area contributed by atoms with Crippen molar-refractivity contribution in [2.45, 2.75) is 194 Å². The first-order chi connectivity index (χ1) is 51.8. The van der Waals surface area contributed by atoms with Gasteiger partial charge in [-0.15, -0.1) is 0 Å². The van der Waals surface area contributed by atoms with Crippen molar-refractivity contribution in [3.8, 4) is 0 Å². The van der Waals surface area contributed by atoms with Crippen LogP contribution in [0.2, 0.25) is 0 Å². The van der Waals surface area contributed by atoms with E-state index in [0.717, 1.165) is 36.8 Å². The Morgan fingerprint density at radius 3 is 0.682 bits per heavy atom. The van der Waals surface area contributed by atoms with E-state index in [1.54, 1.807) is 13.8 Å². The van der Waals surface area contributed by atoms with Gasteiger partial charge in [0.15, 0.2) is 0 Å². The quantitative estimate of drug-likeness (QED) is 0.183. The summed E-state index contributed by atoms with van der Waals surface area (Å²) in [6.07, 6.45) is 7.02. The van der Waals surface area contributed by atoms with Crippen molar-refractivity contribution in [3.63, 3.8) is 0 Å². The molecule has 6 unspecified atom stereocenters. The minimum Gasteiger partial charge on any atom is -0.393 e. The lowest BCUT2D eigenvalue weighted by Crippen LogP contribution is -2.44. The number of hydrogen-bond donors (Lipinski definition) is 0. The van der Waals surface area contributed by atoms with Crippen LogP contribution in [0.5, 0.6) is 0 Å². The third-order valence-electron chi connectivity index (χ3n) is 22.1. The molecule has 6 atom stereocenters. The summed E-state index contributed by atoms with van der Waals surface area (Å²) in [5.74, 6) is -16.2. The molecule has 1 aliphatic carbocycles. The molecule has 0 N–H and O–H groups in total. The predicted molar refractivity (Wildman–Crippen MR) is 345 cm³/mol. The van der Waals surface area contributed by atoms with Gasteiger partial charge in [0, 0.05) is 88.9 Å². The van der Waals surface area contributed by atoms with E-state index in [1.165, 1.54) is 13.8 Å². The number of carbonyl (C=O) groups excluding carboxylic acids is 24. The third-order valence-corrected chi connectivity index (χ3v) is 22.1. The third kappa shape index (κ3) is 21.4. The minimum atomic E-state index is -1.31. The summed E-state index contributed by atoms with van der Waals surface area (Å²) in [5.41, 5.74) is -0.877. The molecule has 12 heterocycles. The molecule has 0 amide bonds. The molecular weight excluding hydrogens is 1460 g/mol. The molecule has 0 radical (unpaired) electrons. The van der Waals surface area contributed by atoms with Gasteiger partial charge in [-0.2, -0.15) is 0 Å². The Hall–Kier alpha value is -11.1. The first kappa shape index (κ1) is 82.9. The highest BCUT2D eigenvalue weighted by molar-refractivity contribution is 6.06. The Kier molecular flexibility index (Phi) is 26.8. The fraction of sp³-hybridized carbons (Fsp3) is 0.595. The monoisotopic (exact) mass is 1540 g/mol. The lowest BCUT2D eigenvalue weighted by molar-refractivity contribution is -0.173. The van der Waals surface area contributed by atoms with Crippen LogP contribution in [0.3, 0.4) is 0 Å². The Morgan fingerprint density at radius 1 is 0.255 bits per heavy atom. The second kappa shape index (κ2) is 35.5. The zero-order chi connectivity index (χ0) is 80.4. The first-order valence-corrected chi connectivity index (χ1v) is 35.8. The average Bonchev–Trinajstić information content (AvgIpc) is 1.57. The number of carbonyl (C=O) groups is 24. The van der Waals surface area contributed by atoms with E-state index in [4.69, 9.17) is 0 Å². The Labute approximate surface area is 623 Å². The molecule has 13 fully saturated rings. The zero-order valence-electron chi connectivity index (χ0n) is 60.1. The van der Waals surface area contributed by atoms with Crippen LogP contribution in [0.15, 0.2) is 24.3 Å². The van der Waals surface area contributed by atoms with Gasteiger partial charge in [-0.3, -0.25) is 115 Å². The summed E-state index contributed by atoms with van der Waals surface area (Å²) < 4.78 is 53.6. The maximum Gasteiger partial charge on any atom is 0.321 e. The van der Waals surface area contributed by atoms with Gasteiger partial charge in [-0.05, 0) is 111 Å². The van der Waals surface area contributed by atoms with E-state index >= 15 is 0 Å². The molecule has 36 nitrogen and oxygen atoms in total. The zero-order valence-corrected chi connectivity index (χ0v) is 60.1. The van der Waals surface area contributed by atoms with Crippen LogP contribution in [0.25, 0.3) is 0 Å². The predicted octanol–water partition coefficient (Wildman–Crippen LogP) is 3.61. The summed E-state index contributed by atoms with van der Waals surface area (Å²) in [6.45, 7) is 6.04. The second-order valence-corrected chi connectivity index (χ2v) is 29.8. The number of ether oxygens (including phenoxy) is 12. The highest BCUT2D eigenvalue weighted by atomic mass is 16.6. The maximum absolute atomic E-state index is 11.6. The lowest BCUT2D eigenvalue weighted by Gasteiger charge is -2.37. The van der Waals surface area contributed by atoms with Gasteiger partial charge in [0.25, 0.3) is 0 Å². The van der Waals surface area contributed by atoms with Crippen LogP contribution in [-0.2, 0) is 172 Å². The molecule has 1 aromatic rings. The van der Waals surface area contributed by atoms with Crippen molar-refractivity contribution >= 4 is 143 Å². The van der Waals surface area contributed by atoms with Gasteiger partial charge in [-0.1, -0.05) is 38.1 Å². The molecular formula is C74H78O36. The second-order valence-electron chi connectivity index (χ2n) is 29.8. The van der Waals surface area contributed by atoms with Crippen LogP contribution < -0.4 is 0 Å². The van der Waals surface area contributed by atoms with Gasteiger partial charge < -0.3 is 56.8 Å². The molecule has 1 saturated carbocycles. The molecule has 1 aromatic carbocycles. The van der Waals surface area contributed by atoms with Crippen LogP contribution in [0, 0.1) is 81.8 Å². The van der Waals surface area contributed by atoms with Crippen molar-refractivity contribution in [2.75, 3.05) is 0 Å². The summed E-state index contributed by atoms with van der Waals surface area (Å²) >= 11 is 0. The number of esters is 24. The molecule has 590 valence electrons. The first-order valence-electron chi connectivity index (χ1n) is 35.8. The van der Waals surface area contributed by atoms with Crippen LogP contribution in [-0.4, -0.2) is 143 Å². The standard InChI is InChI=1S/C16H20O6.C16H14O6.2C11H12O6.2C10H10O6/c2*17-13-5-11(6-14(18)21-13)9-1-2-10(4-3-9)12-7-15(19)22-16(20)8-12;12-8-2-6(3-9(13)16-8)1-7-4-10(14)17-11(15)5-7;1-4-6(10(14)16-8(4)12)3-7-5(2)9(13)17-11(7)15;1-9(3-5(11)15-7(9)13)10(2)4-6(12)16-8(10)14;11-7-1-5(2-8(12)15-7)6-3-9(13)16-10(14)4-6/h9-12H,1-8H2;1-4,11-12H,5-8H2;6-7H,1-5H2;4-7H,3H2,1-2H3;3-4H2,1-2H3;5-6H,1-4H2.